The summed E-state index contributed by atoms with van der Waals surface area (Å²) in [6.45, 7) is 0. The van der Waals surface area contributed by atoms with Crippen molar-refractivity contribution in [2.75, 3.05) is 5.32 Å². The summed E-state index contributed by atoms with van der Waals surface area (Å²) in [7, 11) is 0. The molecule has 1 N–H and O–H groups in total. The van der Waals surface area contributed by atoms with Crippen LogP contribution in [-0.2, 0) is 0 Å². The maximum Gasteiger partial charge on any atom is 0.257 e. The first-order valence-corrected chi connectivity index (χ1v) is 7.61. The average Bonchev–Trinajstić information content (AvgIpc) is 3.15. The largest absolute Gasteiger partial charge is 0.298 e. The maximum atomic E-state index is 12.4. The fourth-order valence-electron chi connectivity index (χ4n) is 2.62. The fraction of sp³-hybridized carbons (Fsp3) is 0. The second-order valence-corrected chi connectivity index (χ2v) is 5.82. The molecule has 0 aliphatic heterocycles. The van der Waals surface area contributed by atoms with Crippen molar-refractivity contribution < 1.29 is 9.59 Å². The van der Waals surface area contributed by atoms with Crippen molar-refractivity contribution >= 4 is 28.2 Å². The molecule has 4 nitrogen and oxygen atoms in total. The van der Waals surface area contributed by atoms with Gasteiger partial charge in [0.25, 0.3) is 5.91 Å². The Bertz CT molecular complexity index is 901. The molecule has 0 bridgehead atoms. The number of aromatic nitrogens is 1. The molecule has 1 aliphatic carbocycles. The molecule has 0 radical (unpaired) electrons. The van der Waals surface area contributed by atoms with Crippen molar-refractivity contribution in [1.82, 2.24) is 4.98 Å². The summed E-state index contributed by atoms with van der Waals surface area (Å²) in [6.07, 6.45) is 1.63. The summed E-state index contributed by atoms with van der Waals surface area (Å²) in [5.41, 5.74) is 3.53. The second kappa shape index (κ2) is 4.89. The van der Waals surface area contributed by atoms with Gasteiger partial charge in [-0.15, -0.1) is 11.3 Å². The van der Waals surface area contributed by atoms with Crippen molar-refractivity contribution in [2.45, 2.75) is 0 Å². The molecule has 1 aliphatic rings. The highest BCUT2D eigenvalue weighted by molar-refractivity contribution is 7.13. The van der Waals surface area contributed by atoms with Crippen LogP contribution in [0.1, 0.15) is 26.3 Å². The van der Waals surface area contributed by atoms with Gasteiger partial charge in [-0.1, -0.05) is 30.3 Å². The molecule has 1 amide bonds. The summed E-state index contributed by atoms with van der Waals surface area (Å²) in [5.74, 6) is -0.295. The third-order valence-electron chi connectivity index (χ3n) is 3.64. The van der Waals surface area contributed by atoms with Gasteiger partial charge in [0.15, 0.2) is 10.9 Å². The highest BCUT2D eigenvalue weighted by Crippen LogP contribution is 2.36. The normalized spacial score (nSPS) is 11.9. The minimum Gasteiger partial charge on any atom is -0.298 e. The number of thiazole rings is 1. The number of rotatable bonds is 2. The van der Waals surface area contributed by atoms with E-state index in [1.54, 1.807) is 23.7 Å². The maximum absolute atomic E-state index is 12.4. The first-order chi connectivity index (χ1) is 10.7. The van der Waals surface area contributed by atoms with E-state index in [-0.39, 0.29) is 11.7 Å². The van der Waals surface area contributed by atoms with Gasteiger partial charge in [-0.05, 0) is 23.3 Å². The van der Waals surface area contributed by atoms with Gasteiger partial charge in [-0.3, -0.25) is 14.9 Å². The van der Waals surface area contributed by atoms with Crippen LogP contribution in [0.15, 0.2) is 54.0 Å². The number of carbonyl (C=O) groups is 2. The van der Waals surface area contributed by atoms with Gasteiger partial charge in [0, 0.05) is 28.3 Å². The minimum atomic E-state index is -0.262. The van der Waals surface area contributed by atoms with E-state index in [4.69, 9.17) is 0 Å². The molecule has 0 saturated heterocycles. The van der Waals surface area contributed by atoms with E-state index in [1.807, 2.05) is 30.3 Å². The Morgan fingerprint density at radius 2 is 1.77 bits per heavy atom. The molecule has 22 heavy (non-hydrogen) atoms. The van der Waals surface area contributed by atoms with Gasteiger partial charge in [-0.2, -0.15) is 0 Å². The number of carbonyl (C=O) groups excluding carboxylic acids is 2. The summed E-state index contributed by atoms with van der Waals surface area (Å²) >= 11 is 1.35. The molecule has 0 fully saturated rings. The molecule has 1 heterocycles. The highest BCUT2D eigenvalue weighted by atomic mass is 32.1. The Labute approximate surface area is 130 Å². The van der Waals surface area contributed by atoms with Crippen LogP contribution < -0.4 is 5.32 Å². The number of ketones is 1. The summed E-state index contributed by atoms with van der Waals surface area (Å²) < 4.78 is 0. The number of anilines is 1. The monoisotopic (exact) mass is 306 g/mol. The zero-order valence-electron chi connectivity index (χ0n) is 11.4. The fourth-order valence-corrected chi connectivity index (χ4v) is 3.15. The molecule has 4 rings (SSSR count). The lowest BCUT2D eigenvalue weighted by atomic mass is 10.0. The molecule has 0 atom stereocenters. The molecule has 1 aromatic heterocycles. The number of hydrogen-bond donors (Lipinski definition) is 1. The predicted molar refractivity (Wildman–Crippen MR) is 85.4 cm³/mol. The number of amides is 1. The van der Waals surface area contributed by atoms with E-state index >= 15 is 0 Å². The van der Waals surface area contributed by atoms with Gasteiger partial charge in [0.2, 0.25) is 0 Å². The number of hydrogen-bond acceptors (Lipinski definition) is 4. The molecule has 0 saturated carbocycles. The van der Waals surface area contributed by atoms with Crippen molar-refractivity contribution in [2.24, 2.45) is 0 Å². The van der Waals surface area contributed by atoms with E-state index in [0.717, 1.165) is 11.1 Å². The first-order valence-electron chi connectivity index (χ1n) is 6.73. The lowest BCUT2D eigenvalue weighted by molar-refractivity contribution is 0.102. The van der Waals surface area contributed by atoms with Gasteiger partial charge in [-0.25, -0.2) is 4.98 Å². The standard InChI is InChI=1S/C17H10N2O2S/c20-15-13-4-2-1-3-11(13)12-6-5-10(9-14(12)15)16(21)19-17-18-7-8-22-17/h1-9H,(H,18,19,21). The first kappa shape index (κ1) is 12.9. The highest BCUT2D eigenvalue weighted by Gasteiger charge is 2.27. The third-order valence-corrected chi connectivity index (χ3v) is 4.33. The van der Waals surface area contributed by atoms with E-state index < -0.39 is 0 Å². The zero-order chi connectivity index (χ0) is 15.1. The molecule has 0 unspecified atom stereocenters. The van der Waals surface area contributed by atoms with E-state index in [0.29, 0.717) is 21.8 Å². The lowest BCUT2D eigenvalue weighted by Gasteiger charge is -2.04. The Hall–Kier alpha value is -2.79. The number of benzene rings is 2. The van der Waals surface area contributed by atoms with Crippen LogP contribution in [0.3, 0.4) is 0 Å². The molecule has 0 spiro atoms. The topological polar surface area (TPSA) is 59.1 Å². The van der Waals surface area contributed by atoms with Gasteiger partial charge in [0.1, 0.15) is 0 Å². The Kier molecular flexibility index (Phi) is 2.87. The minimum absolute atomic E-state index is 0.0329. The smallest absolute Gasteiger partial charge is 0.257 e. The Morgan fingerprint density at radius 1 is 1.00 bits per heavy atom. The summed E-state index contributed by atoms with van der Waals surface area (Å²) in [5, 5.41) is 5.05. The molecular formula is C17H10N2O2S. The van der Waals surface area contributed by atoms with Crippen molar-refractivity contribution in [3.8, 4) is 11.1 Å². The van der Waals surface area contributed by atoms with Crippen molar-refractivity contribution in [3.63, 3.8) is 0 Å². The van der Waals surface area contributed by atoms with Crippen LogP contribution in [0.25, 0.3) is 11.1 Å². The molecule has 3 aromatic rings. The van der Waals surface area contributed by atoms with Crippen LogP contribution in [-0.4, -0.2) is 16.7 Å². The Morgan fingerprint density at radius 3 is 2.55 bits per heavy atom. The second-order valence-electron chi connectivity index (χ2n) is 4.93. The summed E-state index contributed by atoms with van der Waals surface area (Å²) in [4.78, 5) is 28.7. The van der Waals surface area contributed by atoms with Gasteiger partial charge in [0.05, 0.1) is 0 Å². The molecule has 5 heteroatoms. The van der Waals surface area contributed by atoms with Crippen molar-refractivity contribution in [3.05, 3.63) is 70.7 Å². The molecule has 106 valence electrons. The van der Waals surface area contributed by atoms with Gasteiger partial charge >= 0.3 is 0 Å². The number of nitrogens with one attached hydrogen (secondary N) is 1. The molecular weight excluding hydrogens is 296 g/mol. The number of nitrogens with zero attached hydrogens (tertiary/aromatic N) is 1. The van der Waals surface area contributed by atoms with Crippen LogP contribution in [0.2, 0.25) is 0 Å². The van der Waals surface area contributed by atoms with E-state index in [2.05, 4.69) is 10.3 Å². The van der Waals surface area contributed by atoms with Crippen LogP contribution in [0.5, 0.6) is 0 Å². The van der Waals surface area contributed by atoms with Gasteiger partial charge < -0.3 is 0 Å². The van der Waals surface area contributed by atoms with Crippen molar-refractivity contribution in [1.29, 1.82) is 0 Å². The van der Waals surface area contributed by atoms with E-state index in [9.17, 15) is 9.59 Å². The SMILES string of the molecule is O=C(Nc1nccs1)c1ccc2c(c1)C(=O)c1ccccc1-2. The Balaban J connectivity index is 1.72. The third kappa shape index (κ3) is 1.95. The zero-order valence-corrected chi connectivity index (χ0v) is 12.2. The summed E-state index contributed by atoms with van der Waals surface area (Å²) in [6, 6.07) is 12.7. The average molecular weight is 306 g/mol. The molecule has 2 aromatic carbocycles. The van der Waals surface area contributed by atoms with E-state index in [1.165, 1.54) is 11.3 Å². The number of fused-ring (bicyclic) bond motifs is 3. The van der Waals surface area contributed by atoms with Crippen LogP contribution >= 0.6 is 11.3 Å². The quantitative estimate of drug-likeness (QED) is 0.615. The predicted octanol–water partition coefficient (Wildman–Crippen LogP) is 3.61. The lowest BCUT2D eigenvalue weighted by Crippen LogP contribution is -2.12. The van der Waals surface area contributed by atoms with Crippen LogP contribution in [0.4, 0.5) is 5.13 Å². The van der Waals surface area contributed by atoms with Crippen LogP contribution in [0, 0.1) is 0 Å².